The molecule has 0 rings (SSSR count). The van der Waals surface area contributed by atoms with Crippen LogP contribution in [0.5, 0.6) is 0 Å². The van der Waals surface area contributed by atoms with E-state index in [4.69, 9.17) is 21.1 Å². The first kappa shape index (κ1) is 51.2. The first-order valence-electron chi connectivity index (χ1n) is 23.2. The number of nitrogens with zero attached hydrogens (tertiary/aromatic N) is 1. The normalized spacial score (nSPS) is 12.2. The Morgan fingerprint density at radius 1 is 0.423 bits per heavy atom. The number of unbranched alkanes of at least 4 members (excludes halogenated alkanes) is 23. The Kier molecular flexibility index (Phi) is 40.7. The van der Waals surface area contributed by atoms with Crippen LogP contribution in [0.3, 0.4) is 0 Å². The number of alkyl halides is 1. The van der Waals surface area contributed by atoms with Gasteiger partial charge in [0.05, 0.1) is 0 Å². The fourth-order valence-electron chi connectivity index (χ4n) is 7.28. The summed E-state index contributed by atoms with van der Waals surface area (Å²) in [6.45, 7) is 12.0. The Morgan fingerprint density at radius 2 is 0.750 bits per heavy atom. The van der Waals surface area contributed by atoms with Crippen LogP contribution in [0.1, 0.15) is 246 Å². The van der Waals surface area contributed by atoms with Crippen molar-refractivity contribution in [3.63, 3.8) is 0 Å². The van der Waals surface area contributed by atoms with E-state index in [9.17, 15) is 9.59 Å². The zero-order valence-electron chi connectivity index (χ0n) is 35.5. The fourth-order valence-corrected chi connectivity index (χ4v) is 7.52. The molecule has 5 nitrogen and oxygen atoms in total. The zero-order chi connectivity index (χ0) is 38.2. The molecule has 0 saturated carbocycles. The molecule has 0 amide bonds. The van der Waals surface area contributed by atoms with Crippen molar-refractivity contribution in [2.75, 3.05) is 25.5 Å². The largest absolute Gasteiger partial charge is 0.462 e. The molecule has 0 aliphatic heterocycles. The standard InChI is InChI=1S/C46H90ClNO4/c1-5-9-12-15-18-19-23-27-34-43(8-4)51-45(49)38-31-26-33-41-48(42-39-47)40-32-25-20-24-30-37-46(50)52-44(35-28-21-16-13-10-6-2)36-29-22-17-14-11-7-3/h43-44H,5-42H2,1-4H3. The smallest absolute Gasteiger partial charge is 0.306 e. The molecule has 0 saturated heterocycles. The van der Waals surface area contributed by atoms with Gasteiger partial charge in [0.2, 0.25) is 0 Å². The van der Waals surface area contributed by atoms with Gasteiger partial charge in [0.1, 0.15) is 12.2 Å². The van der Waals surface area contributed by atoms with Crippen molar-refractivity contribution < 1.29 is 19.1 Å². The second kappa shape index (κ2) is 41.4. The predicted octanol–water partition coefficient (Wildman–Crippen LogP) is 14.7. The van der Waals surface area contributed by atoms with E-state index in [-0.39, 0.29) is 24.1 Å². The maximum absolute atomic E-state index is 12.7. The van der Waals surface area contributed by atoms with E-state index in [0.717, 1.165) is 77.4 Å². The van der Waals surface area contributed by atoms with Crippen LogP contribution in [0.25, 0.3) is 0 Å². The molecule has 0 aromatic heterocycles. The quantitative estimate of drug-likeness (QED) is 0.0353. The molecule has 310 valence electrons. The predicted molar refractivity (Wildman–Crippen MR) is 227 cm³/mol. The van der Waals surface area contributed by atoms with Crippen molar-refractivity contribution in [3.8, 4) is 0 Å². The van der Waals surface area contributed by atoms with Gasteiger partial charge in [0.15, 0.2) is 0 Å². The summed E-state index contributed by atoms with van der Waals surface area (Å²) in [6, 6.07) is 0. The molecule has 0 N–H and O–H groups in total. The summed E-state index contributed by atoms with van der Waals surface area (Å²) in [5.41, 5.74) is 0. The van der Waals surface area contributed by atoms with Crippen molar-refractivity contribution in [1.29, 1.82) is 0 Å². The molecule has 0 bridgehead atoms. The van der Waals surface area contributed by atoms with Crippen LogP contribution >= 0.6 is 11.6 Å². The van der Waals surface area contributed by atoms with Crippen LogP contribution in [-0.2, 0) is 19.1 Å². The molecule has 0 spiro atoms. The highest BCUT2D eigenvalue weighted by Gasteiger charge is 2.15. The molecule has 0 aromatic rings. The molecule has 1 atom stereocenters. The van der Waals surface area contributed by atoms with Crippen LogP contribution in [-0.4, -0.2) is 54.6 Å². The van der Waals surface area contributed by atoms with Crippen molar-refractivity contribution in [2.45, 2.75) is 258 Å². The Bertz CT molecular complexity index is 734. The lowest BCUT2D eigenvalue weighted by Crippen LogP contribution is -2.28. The van der Waals surface area contributed by atoms with Crippen LogP contribution < -0.4 is 0 Å². The summed E-state index contributed by atoms with van der Waals surface area (Å²) in [5, 5.41) is 0. The molecular formula is C46H90ClNO4. The number of ether oxygens (including phenoxy) is 2. The van der Waals surface area contributed by atoms with Crippen LogP contribution in [0.4, 0.5) is 0 Å². The third-order valence-corrected chi connectivity index (χ3v) is 11.0. The number of halogens is 1. The first-order chi connectivity index (χ1) is 25.5. The lowest BCUT2D eigenvalue weighted by Gasteiger charge is -2.21. The maximum Gasteiger partial charge on any atom is 0.306 e. The number of hydrogen-bond acceptors (Lipinski definition) is 5. The topological polar surface area (TPSA) is 55.8 Å². The van der Waals surface area contributed by atoms with Crippen molar-refractivity contribution in [1.82, 2.24) is 4.90 Å². The highest BCUT2D eigenvalue weighted by atomic mass is 35.5. The Morgan fingerprint density at radius 3 is 1.15 bits per heavy atom. The molecule has 0 aromatic carbocycles. The molecule has 6 heteroatoms. The summed E-state index contributed by atoms with van der Waals surface area (Å²) in [6.07, 6.45) is 39.9. The van der Waals surface area contributed by atoms with Crippen LogP contribution in [0.2, 0.25) is 0 Å². The average molecular weight is 757 g/mol. The molecule has 52 heavy (non-hydrogen) atoms. The van der Waals surface area contributed by atoms with E-state index in [1.165, 1.54) is 148 Å². The summed E-state index contributed by atoms with van der Waals surface area (Å²) in [7, 11) is 0. The molecule has 0 radical (unpaired) electrons. The lowest BCUT2D eigenvalue weighted by atomic mass is 10.0. The summed E-state index contributed by atoms with van der Waals surface area (Å²) in [5.74, 6) is 0.663. The first-order valence-corrected chi connectivity index (χ1v) is 23.7. The number of esters is 2. The third-order valence-electron chi connectivity index (χ3n) is 10.8. The molecular weight excluding hydrogens is 666 g/mol. The number of hydrogen-bond donors (Lipinski definition) is 0. The molecule has 0 aliphatic carbocycles. The molecule has 0 fully saturated rings. The monoisotopic (exact) mass is 756 g/mol. The highest BCUT2D eigenvalue weighted by molar-refractivity contribution is 6.18. The minimum absolute atomic E-state index is 0.0153. The minimum Gasteiger partial charge on any atom is -0.462 e. The van der Waals surface area contributed by atoms with E-state index in [0.29, 0.717) is 18.7 Å². The summed E-state index contributed by atoms with van der Waals surface area (Å²) >= 11 is 6.13. The molecule has 1 unspecified atom stereocenters. The van der Waals surface area contributed by atoms with Gasteiger partial charge < -0.3 is 14.4 Å². The molecule has 0 heterocycles. The van der Waals surface area contributed by atoms with E-state index >= 15 is 0 Å². The summed E-state index contributed by atoms with van der Waals surface area (Å²) in [4.78, 5) is 27.7. The van der Waals surface area contributed by atoms with Gasteiger partial charge >= 0.3 is 11.9 Å². The van der Waals surface area contributed by atoms with Gasteiger partial charge in [-0.3, -0.25) is 9.59 Å². The van der Waals surface area contributed by atoms with Gasteiger partial charge in [-0.15, -0.1) is 11.6 Å². The van der Waals surface area contributed by atoms with Crippen molar-refractivity contribution in [3.05, 3.63) is 0 Å². The lowest BCUT2D eigenvalue weighted by molar-refractivity contribution is -0.150. The van der Waals surface area contributed by atoms with E-state index < -0.39 is 0 Å². The van der Waals surface area contributed by atoms with Crippen LogP contribution in [0, 0.1) is 0 Å². The zero-order valence-corrected chi connectivity index (χ0v) is 36.2. The Balaban J connectivity index is 4.09. The summed E-state index contributed by atoms with van der Waals surface area (Å²) < 4.78 is 11.8. The van der Waals surface area contributed by atoms with E-state index in [1.807, 2.05) is 0 Å². The Labute approximate surface area is 330 Å². The van der Waals surface area contributed by atoms with Gasteiger partial charge in [-0.25, -0.2) is 0 Å². The van der Waals surface area contributed by atoms with Crippen LogP contribution in [0.15, 0.2) is 0 Å². The maximum atomic E-state index is 12.7. The van der Waals surface area contributed by atoms with Gasteiger partial charge in [-0.05, 0) is 83.7 Å². The van der Waals surface area contributed by atoms with Gasteiger partial charge in [0, 0.05) is 25.3 Å². The number of rotatable bonds is 42. The number of carbonyl (C=O) groups excluding carboxylic acids is 2. The van der Waals surface area contributed by atoms with Crippen molar-refractivity contribution in [2.24, 2.45) is 0 Å². The third kappa shape index (κ3) is 36.2. The number of carbonyl (C=O) groups is 2. The second-order valence-corrected chi connectivity index (χ2v) is 16.2. The molecule has 0 aliphatic rings. The minimum atomic E-state index is -0.0153. The average Bonchev–Trinajstić information content (AvgIpc) is 3.14. The van der Waals surface area contributed by atoms with E-state index in [1.54, 1.807) is 0 Å². The van der Waals surface area contributed by atoms with Gasteiger partial charge in [0.25, 0.3) is 0 Å². The van der Waals surface area contributed by atoms with Gasteiger partial charge in [-0.2, -0.15) is 0 Å². The van der Waals surface area contributed by atoms with E-state index in [2.05, 4.69) is 32.6 Å². The fraction of sp³-hybridized carbons (Fsp3) is 0.957. The van der Waals surface area contributed by atoms with Crippen molar-refractivity contribution >= 4 is 23.5 Å². The second-order valence-electron chi connectivity index (χ2n) is 15.9. The highest BCUT2D eigenvalue weighted by Crippen LogP contribution is 2.19. The van der Waals surface area contributed by atoms with Gasteiger partial charge in [-0.1, -0.05) is 163 Å². The Hall–Kier alpha value is -0.810. The SMILES string of the molecule is CCCCCCCCCCC(CC)OC(=O)CCCCCN(CCCl)CCCCCCCC(=O)OC(CCCCCCCC)CCCCCCCC.